The molecule has 0 fully saturated rings. The van der Waals surface area contributed by atoms with E-state index in [1.807, 2.05) is 6.07 Å². The highest BCUT2D eigenvalue weighted by molar-refractivity contribution is 5.71. The predicted molar refractivity (Wildman–Crippen MR) is 55.0 cm³/mol. The van der Waals surface area contributed by atoms with Crippen LogP contribution in [0.2, 0.25) is 0 Å². The molecule has 0 spiro atoms. The van der Waals surface area contributed by atoms with Gasteiger partial charge in [0, 0.05) is 12.7 Å². The van der Waals surface area contributed by atoms with Crippen LogP contribution in [0.1, 0.15) is 11.1 Å². The minimum Gasteiger partial charge on any atom is -0.496 e. The average Bonchev–Trinajstić information content (AvgIpc) is 2.18. The third-order valence-corrected chi connectivity index (χ3v) is 2.00. The van der Waals surface area contributed by atoms with Crippen LogP contribution >= 0.6 is 0 Å². The fourth-order valence-corrected chi connectivity index (χ4v) is 1.39. The number of aliphatic carboxylic acids is 1. The molecular weight excluding hydrogens is 196 g/mol. The maximum atomic E-state index is 10.6. The van der Waals surface area contributed by atoms with Crippen molar-refractivity contribution in [3.63, 3.8) is 0 Å². The lowest BCUT2D eigenvalue weighted by molar-refractivity contribution is -0.136. The summed E-state index contributed by atoms with van der Waals surface area (Å²) in [5, 5.41) is 8.72. The Morgan fingerprint density at radius 3 is 2.67 bits per heavy atom. The van der Waals surface area contributed by atoms with Crippen LogP contribution in [-0.2, 0) is 22.6 Å². The van der Waals surface area contributed by atoms with Crippen molar-refractivity contribution in [2.24, 2.45) is 0 Å². The number of benzene rings is 1. The van der Waals surface area contributed by atoms with Gasteiger partial charge in [-0.3, -0.25) is 4.79 Å². The van der Waals surface area contributed by atoms with Crippen molar-refractivity contribution in [3.8, 4) is 5.75 Å². The number of carboxylic acids is 1. The van der Waals surface area contributed by atoms with Gasteiger partial charge in [0.2, 0.25) is 0 Å². The fraction of sp³-hybridized carbons (Fsp3) is 0.364. The number of ether oxygens (including phenoxy) is 2. The van der Waals surface area contributed by atoms with E-state index in [4.69, 9.17) is 14.6 Å². The van der Waals surface area contributed by atoms with Crippen LogP contribution in [0.4, 0.5) is 0 Å². The Bertz CT molecular complexity index is 346. The van der Waals surface area contributed by atoms with Crippen LogP contribution in [0.15, 0.2) is 18.2 Å². The predicted octanol–water partition coefficient (Wildman–Crippen LogP) is 1.47. The second-order valence-electron chi connectivity index (χ2n) is 3.15. The number of carbonyl (C=O) groups is 1. The third-order valence-electron chi connectivity index (χ3n) is 2.00. The Hall–Kier alpha value is -1.55. The van der Waals surface area contributed by atoms with Crippen molar-refractivity contribution in [3.05, 3.63) is 29.3 Å². The Labute approximate surface area is 88.4 Å². The van der Waals surface area contributed by atoms with Gasteiger partial charge in [-0.05, 0) is 17.7 Å². The van der Waals surface area contributed by atoms with Gasteiger partial charge in [0.15, 0.2) is 0 Å². The van der Waals surface area contributed by atoms with E-state index in [-0.39, 0.29) is 6.42 Å². The lowest BCUT2D eigenvalue weighted by Crippen LogP contribution is -2.03. The zero-order valence-corrected chi connectivity index (χ0v) is 8.82. The maximum Gasteiger partial charge on any atom is 0.307 e. The summed E-state index contributed by atoms with van der Waals surface area (Å²) in [5.74, 6) is -0.278. The highest BCUT2D eigenvalue weighted by Crippen LogP contribution is 2.20. The highest BCUT2D eigenvalue weighted by atomic mass is 16.5. The summed E-state index contributed by atoms with van der Waals surface area (Å²) >= 11 is 0. The quantitative estimate of drug-likeness (QED) is 0.799. The minimum absolute atomic E-state index is 0.0409. The highest BCUT2D eigenvalue weighted by Gasteiger charge is 2.08. The molecule has 0 aromatic heterocycles. The first-order valence-corrected chi connectivity index (χ1v) is 4.54. The molecule has 1 rings (SSSR count). The number of methoxy groups -OCH3 is 2. The van der Waals surface area contributed by atoms with Gasteiger partial charge < -0.3 is 14.6 Å². The van der Waals surface area contributed by atoms with E-state index in [1.165, 1.54) is 7.11 Å². The molecule has 4 nitrogen and oxygen atoms in total. The van der Waals surface area contributed by atoms with Gasteiger partial charge in [0.25, 0.3) is 0 Å². The van der Waals surface area contributed by atoms with E-state index in [1.54, 1.807) is 19.2 Å². The molecule has 1 aromatic carbocycles. The third kappa shape index (κ3) is 3.25. The zero-order valence-electron chi connectivity index (χ0n) is 8.82. The Kier molecular flexibility index (Phi) is 4.12. The number of carboxylic acid groups (broad SMARTS) is 1. The largest absolute Gasteiger partial charge is 0.496 e. The van der Waals surface area contributed by atoms with Crippen molar-refractivity contribution in [2.45, 2.75) is 13.0 Å². The van der Waals surface area contributed by atoms with Crippen LogP contribution in [0.25, 0.3) is 0 Å². The van der Waals surface area contributed by atoms with Crippen LogP contribution < -0.4 is 4.74 Å². The molecule has 0 unspecified atom stereocenters. The maximum absolute atomic E-state index is 10.6. The lowest BCUT2D eigenvalue weighted by Gasteiger charge is -2.08. The lowest BCUT2D eigenvalue weighted by atomic mass is 10.1. The topological polar surface area (TPSA) is 55.8 Å². The van der Waals surface area contributed by atoms with Crippen molar-refractivity contribution in [1.82, 2.24) is 0 Å². The van der Waals surface area contributed by atoms with E-state index in [0.29, 0.717) is 17.9 Å². The van der Waals surface area contributed by atoms with Crippen LogP contribution in [0.5, 0.6) is 5.75 Å². The molecular formula is C11H14O4. The molecule has 1 N–H and O–H groups in total. The van der Waals surface area contributed by atoms with Crippen molar-refractivity contribution in [1.29, 1.82) is 0 Å². The second-order valence-corrected chi connectivity index (χ2v) is 3.15. The van der Waals surface area contributed by atoms with E-state index in [0.717, 1.165) is 5.56 Å². The molecule has 82 valence electrons. The standard InChI is InChI=1S/C11H14O4/c1-14-7-8-3-4-10(15-2)9(5-8)6-11(12)13/h3-5H,6-7H2,1-2H3,(H,12,13). The molecule has 0 saturated heterocycles. The second kappa shape index (κ2) is 5.36. The summed E-state index contributed by atoms with van der Waals surface area (Å²) in [4.78, 5) is 10.6. The molecule has 0 atom stereocenters. The van der Waals surface area contributed by atoms with E-state index in [2.05, 4.69) is 0 Å². The van der Waals surface area contributed by atoms with Crippen LogP contribution in [-0.4, -0.2) is 25.3 Å². The Morgan fingerprint density at radius 2 is 2.13 bits per heavy atom. The SMILES string of the molecule is COCc1ccc(OC)c(CC(=O)O)c1. The smallest absolute Gasteiger partial charge is 0.307 e. The summed E-state index contributed by atoms with van der Waals surface area (Å²) in [5.41, 5.74) is 1.61. The minimum atomic E-state index is -0.872. The molecule has 4 heteroatoms. The normalized spacial score (nSPS) is 10.0. The molecule has 0 heterocycles. The van der Waals surface area contributed by atoms with Crippen LogP contribution in [0, 0.1) is 0 Å². The number of hydrogen-bond acceptors (Lipinski definition) is 3. The molecule has 0 aliphatic carbocycles. The molecule has 15 heavy (non-hydrogen) atoms. The van der Waals surface area contributed by atoms with Gasteiger partial charge >= 0.3 is 5.97 Å². The first-order chi connectivity index (χ1) is 7.17. The molecule has 0 amide bonds. The molecule has 0 aliphatic rings. The number of hydrogen-bond donors (Lipinski definition) is 1. The van der Waals surface area contributed by atoms with Crippen molar-refractivity contribution < 1.29 is 19.4 Å². The van der Waals surface area contributed by atoms with Gasteiger partial charge in [0.05, 0.1) is 20.1 Å². The van der Waals surface area contributed by atoms with E-state index in [9.17, 15) is 4.79 Å². The Balaban J connectivity index is 2.96. The molecule has 0 bridgehead atoms. The molecule has 0 saturated carbocycles. The van der Waals surface area contributed by atoms with Crippen molar-refractivity contribution in [2.75, 3.05) is 14.2 Å². The average molecular weight is 210 g/mol. The molecule has 0 radical (unpaired) electrons. The first-order valence-electron chi connectivity index (χ1n) is 4.54. The Morgan fingerprint density at radius 1 is 1.40 bits per heavy atom. The summed E-state index contributed by atoms with van der Waals surface area (Å²) in [6, 6.07) is 5.40. The van der Waals surface area contributed by atoms with Gasteiger partial charge in [-0.15, -0.1) is 0 Å². The molecule has 1 aromatic rings. The van der Waals surface area contributed by atoms with E-state index >= 15 is 0 Å². The van der Waals surface area contributed by atoms with Gasteiger partial charge in [0.1, 0.15) is 5.75 Å². The van der Waals surface area contributed by atoms with Gasteiger partial charge in [-0.2, -0.15) is 0 Å². The first kappa shape index (κ1) is 11.5. The summed E-state index contributed by atoms with van der Waals surface area (Å²) in [6.07, 6.45) is -0.0409. The van der Waals surface area contributed by atoms with Crippen LogP contribution in [0.3, 0.4) is 0 Å². The summed E-state index contributed by atoms with van der Waals surface area (Å²) in [7, 11) is 3.12. The van der Waals surface area contributed by atoms with E-state index < -0.39 is 5.97 Å². The molecule has 0 aliphatic heterocycles. The zero-order chi connectivity index (χ0) is 11.3. The summed E-state index contributed by atoms with van der Waals surface area (Å²) in [6.45, 7) is 0.469. The van der Waals surface area contributed by atoms with Gasteiger partial charge in [-0.25, -0.2) is 0 Å². The van der Waals surface area contributed by atoms with Gasteiger partial charge in [-0.1, -0.05) is 6.07 Å². The number of rotatable bonds is 5. The fourth-order valence-electron chi connectivity index (χ4n) is 1.39. The summed E-state index contributed by atoms with van der Waals surface area (Å²) < 4.78 is 10.0. The van der Waals surface area contributed by atoms with Crippen molar-refractivity contribution >= 4 is 5.97 Å². The monoisotopic (exact) mass is 210 g/mol.